The first-order valence-electron chi connectivity index (χ1n) is 21.9. The largest absolute Gasteiger partial charge is 0.456 e. The fourth-order valence-corrected chi connectivity index (χ4v) is 8.61. The van der Waals surface area contributed by atoms with Crippen LogP contribution in [0.2, 0.25) is 0 Å². The van der Waals surface area contributed by atoms with Gasteiger partial charge in [0, 0.05) is 32.9 Å². The molecule has 11 rings (SSSR count). The molecule has 2 aromatic heterocycles. The predicted octanol–water partition coefficient (Wildman–Crippen LogP) is 14.1. The van der Waals surface area contributed by atoms with Crippen LogP contribution in [0.4, 0.5) is 0 Å². The third kappa shape index (κ3) is 5.56. The van der Waals surface area contributed by atoms with Gasteiger partial charge in [-0.3, -0.25) is 0 Å². The van der Waals surface area contributed by atoms with Crippen LogP contribution in [0.25, 0.3) is 101 Å². The summed E-state index contributed by atoms with van der Waals surface area (Å²) in [6.07, 6.45) is 0. The van der Waals surface area contributed by atoms with Crippen molar-refractivity contribution in [2.75, 3.05) is 0 Å². The minimum atomic E-state index is -0.488. The monoisotopic (exact) mass is 748 g/mol. The Balaban J connectivity index is 1.06. The Hall–Kier alpha value is -7.43. The molecule has 0 unspecified atom stereocenters. The quantitative estimate of drug-likeness (QED) is 0.170. The summed E-state index contributed by atoms with van der Waals surface area (Å²) in [7, 11) is 0. The minimum Gasteiger partial charge on any atom is -0.456 e. The van der Waals surface area contributed by atoms with E-state index in [2.05, 4.69) is 105 Å². The molecule has 8 aromatic carbocycles. The number of hydrogen-bond acceptors (Lipinski definition) is 4. The summed E-state index contributed by atoms with van der Waals surface area (Å²) >= 11 is 0. The molecular formula is C54H37N3O. The maximum absolute atomic E-state index is 8.86. The smallest absolute Gasteiger partial charge is 0.164 e. The van der Waals surface area contributed by atoms with Crippen LogP contribution in [-0.4, -0.2) is 15.0 Å². The van der Waals surface area contributed by atoms with Crippen molar-refractivity contribution >= 4 is 21.9 Å². The van der Waals surface area contributed by atoms with E-state index in [9.17, 15) is 0 Å². The third-order valence-electron chi connectivity index (χ3n) is 11.5. The molecule has 274 valence electrons. The summed E-state index contributed by atoms with van der Waals surface area (Å²) in [5.74, 6) is 0.533. The summed E-state index contributed by atoms with van der Waals surface area (Å²) in [6.45, 7) is 4.52. The van der Waals surface area contributed by atoms with Crippen LogP contribution in [0.15, 0.2) is 192 Å². The SMILES string of the molecule is [2H]c1c([2H])c([2H])c(-c2nc(-c3cccc(-c4cccc5c4-c4ccccc4C5(C)C)c3)nc(-c3ccc4c(c3)oc3cccc(-c5ccc(-c6ccccc6)cc5)c34)n2)c([2H])c1[2H]. The molecule has 58 heavy (non-hydrogen) atoms. The van der Waals surface area contributed by atoms with E-state index in [-0.39, 0.29) is 22.6 Å². The second kappa shape index (κ2) is 13.4. The van der Waals surface area contributed by atoms with E-state index in [0.717, 1.165) is 49.7 Å². The lowest BCUT2D eigenvalue weighted by molar-refractivity contribution is 0.660. The van der Waals surface area contributed by atoms with Crippen LogP contribution >= 0.6 is 0 Å². The van der Waals surface area contributed by atoms with Crippen LogP contribution < -0.4 is 0 Å². The van der Waals surface area contributed by atoms with Crippen molar-refractivity contribution in [3.8, 4) is 78.7 Å². The fraction of sp³-hybridized carbons (Fsp3) is 0.0556. The van der Waals surface area contributed by atoms with Gasteiger partial charge < -0.3 is 4.42 Å². The predicted molar refractivity (Wildman–Crippen MR) is 237 cm³/mol. The Morgan fingerprint density at radius 3 is 1.81 bits per heavy atom. The van der Waals surface area contributed by atoms with E-state index in [0.29, 0.717) is 22.5 Å². The molecular weight excluding hydrogens is 707 g/mol. The molecule has 0 aliphatic heterocycles. The number of nitrogens with zero attached hydrogens (tertiary/aromatic N) is 3. The van der Waals surface area contributed by atoms with Gasteiger partial charge in [0.25, 0.3) is 0 Å². The Labute approximate surface area is 344 Å². The van der Waals surface area contributed by atoms with E-state index in [1.54, 1.807) is 0 Å². The minimum absolute atomic E-state index is 0.0281. The number of benzene rings is 8. The highest BCUT2D eigenvalue weighted by molar-refractivity contribution is 6.13. The van der Waals surface area contributed by atoms with Gasteiger partial charge in [-0.15, -0.1) is 0 Å². The van der Waals surface area contributed by atoms with E-state index in [1.165, 1.54) is 22.3 Å². The standard InChI is InChI=1S/C54H37N3O/c1-54(2)45-23-10-9-20-43(45)49-42(21-12-24-46(49)54)38-18-11-19-39(32-38)52-55-51(37-16-7-4-8-17-37)56-53(57-52)40-30-31-44-48(33-40)58-47-25-13-22-41(50(44)47)36-28-26-35(27-29-36)34-14-5-3-6-15-34/h3-33H,1-2H3/i4D,7D,8D,16D,17D. The number of fused-ring (bicyclic) bond motifs is 6. The Morgan fingerprint density at radius 1 is 0.431 bits per heavy atom. The van der Waals surface area contributed by atoms with Crippen molar-refractivity contribution in [2.45, 2.75) is 19.3 Å². The zero-order valence-corrected chi connectivity index (χ0v) is 31.8. The van der Waals surface area contributed by atoms with Gasteiger partial charge in [-0.1, -0.05) is 178 Å². The van der Waals surface area contributed by atoms with Crippen molar-refractivity contribution in [2.24, 2.45) is 0 Å². The van der Waals surface area contributed by atoms with Crippen molar-refractivity contribution in [3.63, 3.8) is 0 Å². The topological polar surface area (TPSA) is 51.8 Å². The molecule has 0 saturated carbocycles. The number of aromatic nitrogens is 3. The molecule has 0 fully saturated rings. The summed E-state index contributed by atoms with van der Waals surface area (Å²) in [5, 5.41) is 1.90. The van der Waals surface area contributed by atoms with E-state index >= 15 is 0 Å². The van der Waals surface area contributed by atoms with Gasteiger partial charge in [0.15, 0.2) is 17.5 Å². The van der Waals surface area contributed by atoms with Crippen molar-refractivity contribution in [1.82, 2.24) is 15.0 Å². The number of rotatable bonds is 6. The average Bonchev–Trinajstić information content (AvgIpc) is 3.82. The van der Waals surface area contributed by atoms with Crippen LogP contribution in [0.1, 0.15) is 31.8 Å². The highest BCUT2D eigenvalue weighted by Crippen LogP contribution is 2.52. The van der Waals surface area contributed by atoms with Gasteiger partial charge in [-0.05, 0) is 79.9 Å². The van der Waals surface area contributed by atoms with Gasteiger partial charge in [0.2, 0.25) is 0 Å². The summed E-state index contributed by atoms with van der Waals surface area (Å²) in [5.41, 5.74) is 13.8. The molecule has 4 heteroatoms. The molecule has 2 heterocycles. The summed E-state index contributed by atoms with van der Waals surface area (Å²) in [6, 6.07) is 51.5. The van der Waals surface area contributed by atoms with Crippen LogP contribution in [-0.2, 0) is 5.41 Å². The lowest BCUT2D eigenvalue weighted by Gasteiger charge is -2.21. The van der Waals surface area contributed by atoms with Gasteiger partial charge in [-0.2, -0.15) is 0 Å². The molecule has 1 aliphatic carbocycles. The van der Waals surface area contributed by atoms with E-state index in [4.69, 9.17) is 26.2 Å². The van der Waals surface area contributed by atoms with Crippen LogP contribution in [0.3, 0.4) is 0 Å². The Bertz CT molecular complexity index is 3460. The fourth-order valence-electron chi connectivity index (χ4n) is 8.61. The molecule has 0 amide bonds. The first-order valence-corrected chi connectivity index (χ1v) is 19.4. The summed E-state index contributed by atoms with van der Waals surface area (Å²) < 4.78 is 49.4. The molecule has 1 aliphatic rings. The average molecular weight is 749 g/mol. The Kier molecular flexibility index (Phi) is 6.66. The highest BCUT2D eigenvalue weighted by atomic mass is 16.3. The molecule has 0 atom stereocenters. The maximum Gasteiger partial charge on any atom is 0.164 e. The van der Waals surface area contributed by atoms with Crippen molar-refractivity contribution in [3.05, 3.63) is 199 Å². The normalized spacial score (nSPS) is 14.0. The third-order valence-corrected chi connectivity index (χ3v) is 11.5. The number of hydrogen-bond donors (Lipinski definition) is 0. The molecule has 0 radical (unpaired) electrons. The lowest BCUT2D eigenvalue weighted by Crippen LogP contribution is -2.14. The second-order valence-electron chi connectivity index (χ2n) is 15.2. The van der Waals surface area contributed by atoms with Gasteiger partial charge in [0.1, 0.15) is 11.2 Å². The Morgan fingerprint density at radius 2 is 1.00 bits per heavy atom. The first kappa shape index (κ1) is 28.9. The van der Waals surface area contributed by atoms with E-state index < -0.39 is 30.2 Å². The maximum atomic E-state index is 8.86. The molecule has 4 nitrogen and oxygen atoms in total. The molecule has 0 spiro atoms. The molecule has 0 N–H and O–H groups in total. The van der Waals surface area contributed by atoms with Gasteiger partial charge in [-0.25, -0.2) is 15.0 Å². The van der Waals surface area contributed by atoms with Crippen LogP contribution in [0.5, 0.6) is 0 Å². The molecule has 0 saturated heterocycles. The zero-order valence-electron chi connectivity index (χ0n) is 36.8. The number of furan rings is 1. The van der Waals surface area contributed by atoms with Crippen molar-refractivity contribution in [1.29, 1.82) is 0 Å². The molecule has 0 bridgehead atoms. The highest BCUT2D eigenvalue weighted by Gasteiger charge is 2.36. The lowest BCUT2D eigenvalue weighted by atomic mass is 9.82. The molecule has 10 aromatic rings. The second-order valence-corrected chi connectivity index (χ2v) is 15.2. The first-order chi connectivity index (χ1) is 30.6. The summed E-state index contributed by atoms with van der Waals surface area (Å²) in [4.78, 5) is 14.7. The van der Waals surface area contributed by atoms with E-state index in [1.807, 2.05) is 66.7 Å². The zero-order chi connectivity index (χ0) is 43.1. The van der Waals surface area contributed by atoms with Gasteiger partial charge >= 0.3 is 0 Å². The van der Waals surface area contributed by atoms with Gasteiger partial charge in [0.05, 0.1) is 6.85 Å². The van der Waals surface area contributed by atoms with Crippen molar-refractivity contribution < 1.29 is 11.3 Å². The van der Waals surface area contributed by atoms with Crippen LogP contribution in [0, 0.1) is 0 Å².